The van der Waals surface area contributed by atoms with Gasteiger partial charge in [0.1, 0.15) is 4.90 Å². The lowest BCUT2D eigenvalue weighted by Crippen LogP contribution is -2.49. The van der Waals surface area contributed by atoms with Crippen molar-refractivity contribution < 1.29 is 13.5 Å². The van der Waals surface area contributed by atoms with Gasteiger partial charge in [-0.3, -0.25) is 4.90 Å². The summed E-state index contributed by atoms with van der Waals surface area (Å²) in [6.45, 7) is 2.48. The number of aliphatic hydroxyl groups excluding tert-OH is 1. The van der Waals surface area contributed by atoms with Gasteiger partial charge >= 0.3 is 0 Å². The minimum absolute atomic E-state index is 0.0266. The molecule has 6 nitrogen and oxygen atoms in total. The standard InChI is InChI=1S/C13H16ClN3O3S/c14-12-9-11(10-15)1-2-13(12)21(19,20)17-5-3-16(4-6-17)7-8-18/h1-2,9,18H,3-8H2. The molecule has 21 heavy (non-hydrogen) atoms. The lowest BCUT2D eigenvalue weighted by Gasteiger charge is -2.33. The number of aliphatic hydroxyl groups is 1. The van der Waals surface area contributed by atoms with Crippen LogP contribution in [0.5, 0.6) is 0 Å². The molecule has 1 saturated heterocycles. The highest BCUT2D eigenvalue weighted by atomic mass is 35.5. The van der Waals surface area contributed by atoms with Crippen LogP contribution in [0, 0.1) is 11.3 Å². The topological polar surface area (TPSA) is 84.6 Å². The zero-order chi connectivity index (χ0) is 15.5. The van der Waals surface area contributed by atoms with Crippen LogP contribution in [0.1, 0.15) is 5.56 Å². The number of sulfonamides is 1. The van der Waals surface area contributed by atoms with Crippen molar-refractivity contribution in [3.8, 4) is 6.07 Å². The molecular formula is C13H16ClN3O3S. The van der Waals surface area contributed by atoms with Crippen LogP contribution in [0.15, 0.2) is 23.1 Å². The second kappa shape index (κ2) is 6.73. The molecule has 8 heteroatoms. The molecule has 1 aliphatic heterocycles. The molecule has 1 fully saturated rings. The Labute approximate surface area is 129 Å². The van der Waals surface area contributed by atoms with Crippen LogP contribution in [-0.4, -0.2) is 62.1 Å². The smallest absolute Gasteiger partial charge is 0.244 e. The van der Waals surface area contributed by atoms with Crippen molar-refractivity contribution in [1.29, 1.82) is 5.26 Å². The number of benzene rings is 1. The van der Waals surface area contributed by atoms with Crippen molar-refractivity contribution in [3.05, 3.63) is 28.8 Å². The van der Waals surface area contributed by atoms with Crippen molar-refractivity contribution in [2.24, 2.45) is 0 Å². The molecule has 1 aromatic rings. The number of nitrogens with zero attached hydrogens (tertiary/aromatic N) is 3. The summed E-state index contributed by atoms with van der Waals surface area (Å²) < 4.78 is 26.5. The average Bonchev–Trinajstić information content (AvgIpc) is 2.47. The molecule has 0 radical (unpaired) electrons. The Morgan fingerprint density at radius 3 is 2.48 bits per heavy atom. The summed E-state index contributed by atoms with van der Waals surface area (Å²) in [4.78, 5) is 2.03. The number of halogens is 1. The van der Waals surface area contributed by atoms with Gasteiger partial charge in [-0.05, 0) is 18.2 Å². The van der Waals surface area contributed by atoms with E-state index in [1.165, 1.54) is 22.5 Å². The Kier molecular flexibility index (Phi) is 5.19. The lowest BCUT2D eigenvalue weighted by molar-refractivity contribution is 0.151. The first kappa shape index (κ1) is 16.2. The Morgan fingerprint density at radius 1 is 1.29 bits per heavy atom. The molecule has 1 N–H and O–H groups in total. The number of β-amino-alcohol motifs (C(OH)–C–C–N with tert-alkyl or cyclic N) is 1. The van der Waals surface area contributed by atoms with E-state index >= 15 is 0 Å². The lowest BCUT2D eigenvalue weighted by atomic mass is 10.2. The first-order valence-electron chi connectivity index (χ1n) is 6.52. The molecule has 114 valence electrons. The van der Waals surface area contributed by atoms with Crippen LogP contribution in [-0.2, 0) is 10.0 Å². The molecule has 0 bridgehead atoms. The normalized spacial score (nSPS) is 17.6. The first-order chi connectivity index (χ1) is 9.98. The zero-order valence-corrected chi connectivity index (χ0v) is 12.9. The third-order valence-electron chi connectivity index (χ3n) is 3.43. The molecule has 0 amide bonds. The predicted octanol–water partition coefficient (Wildman–Crippen LogP) is 0.510. The highest BCUT2D eigenvalue weighted by molar-refractivity contribution is 7.89. The molecular weight excluding hydrogens is 314 g/mol. The maximum absolute atomic E-state index is 12.6. The van der Waals surface area contributed by atoms with Gasteiger partial charge in [-0.25, -0.2) is 8.42 Å². The van der Waals surface area contributed by atoms with Gasteiger partial charge < -0.3 is 5.11 Å². The fraction of sp³-hybridized carbons (Fsp3) is 0.462. The van der Waals surface area contributed by atoms with Crippen LogP contribution >= 0.6 is 11.6 Å². The van der Waals surface area contributed by atoms with Crippen molar-refractivity contribution >= 4 is 21.6 Å². The Balaban J connectivity index is 2.18. The van der Waals surface area contributed by atoms with Crippen LogP contribution in [0.2, 0.25) is 5.02 Å². The van der Waals surface area contributed by atoms with Gasteiger partial charge in [0.15, 0.2) is 0 Å². The van der Waals surface area contributed by atoms with E-state index < -0.39 is 10.0 Å². The van der Waals surface area contributed by atoms with Gasteiger partial charge in [-0.2, -0.15) is 9.57 Å². The van der Waals surface area contributed by atoms with E-state index in [-0.39, 0.29) is 16.5 Å². The molecule has 2 rings (SSSR count). The molecule has 1 aromatic carbocycles. The summed E-state index contributed by atoms with van der Waals surface area (Å²) in [5.41, 5.74) is 0.326. The summed E-state index contributed by atoms with van der Waals surface area (Å²) >= 11 is 5.99. The number of hydrogen-bond donors (Lipinski definition) is 1. The van der Waals surface area contributed by atoms with Crippen molar-refractivity contribution in [2.75, 3.05) is 39.3 Å². The van der Waals surface area contributed by atoms with Crippen molar-refractivity contribution in [3.63, 3.8) is 0 Å². The summed E-state index contributed by atoms with van der Waals surface area (Å²) in [5, 5.41) is 17.7. The third-order valence-corrected chi connectivity index (χ3v) is 5.81. The number of piperazine rings is 1. The largest absolute Gasteiger partial charge is 0.395 e. The van der Waals surface area contributed by atoms with Crippen LogP contribution in [0.25, 0.3) is 0 Å². The van der Waals surface area contributed by atoms with E-state index in [4.69, 9.17) is 22.0 Å². The quantitative estimate of drug-likeness (QED) is 0.870. The molecule has 1 aliphatic rings. The van der Waals surface area contributed by atoms with Gasteiger partial charge in [0, 0.05) is 32.7 Å². The van der Waals surface area contributed by atoms with Gasteiger partial charge in [0.05, 0.1) is 23.3 Å². The fourth-order valence-electron chi connectivity index (χ4n) is 2.25. The molecule has 1 heterocycles. The van der Waals surface area contributed by atoms with Crippen molar-refractivity contribution in [1.82, 2.24) is 9.21 Å². The van der Waals surface area contributed by atoms with E-state index in [0.717, 1.165) is 0 Å². The van der Waals surface area contributed by atoms with E-state index in [0.29, 0.717) is 38.3 Å². The SMILES string of the molecule is N#Cc1ccc(S(=O)(=O)N2CCN(CCO)CC2)c(Cl)c1. The van der Waals surface area contributed by atoms with Crippen LogP contribution < -0.4 is 0 Å². The van der Waals surface area contributed by atoms with E-state index in [1.54, 1.807) is 0 Å². The molecule has 0 unspecified atom stereocenters. The molecule has 0 aromatic heterocycles. The number of hydrogen-bond acceptors (Lipinski definition) is 5. The van der Waals surface area contributed by atoms with Gasteiger partial charge in [-0.15, -0.1) is 0 Å². The third kappa shape index (κ3) is 3.54. The van der Waals surface area contributed by atoms with E-state index in [9.17, 15) is 8.42 Å². The maximum atomic E-state index is 12.6. The van der Waals surface area contributed by atoms with Crippen LogP contribution in [0.3, 0.4) is 0 Å². The van der Waals surface area contributed by atoms with Gasteiger partial charge in [-0.1, -0.05) is 11.6 Å². The van der Waals surface area contributed by atoms with Gasteiger partial charge in [0.25, 0.3) is 0 Å². The Morgan fingerprint density at radius 2 is 1.95 bits per heavy atom. The van der Waals surface area contributed by atoms with E-state index in [1.807, 2.05) is 11.0 Å². The van der Waals surface area contributed by atoms with E-state index in [2.05, 4.69) is 0 Å². The first-order valence-corrected chi connectivity index (χ1v) is 8.34. The number of rotatable bonds is 4. The maximum Gasteiger partial charge on any atom is 0.244 e. The summed E-state index contributed by atoms with van der Waals surface area (Å²) in [6, 6.07) is 6.10. The Hall–Kier alpha value is -1.17. The molecule has 0 saturated carbocycles. The predicted molar refractivity (Wildman–Crippen MR) is 78.5 cm³/mol. The fourth-order valence-corrected chi connectivity index (χ4v) is 4.19. The number of nitriles is 1. The molecule has 0 atom stereocenters. The van der Waals surface area contributed by atoms with Gasteiger partial charge in [0.2, 0.25) is 10.0 Å². The monoisotopic (exact) mass is 329 g/mol. The highest BCUT2D eigenvalue weighted by Crippen LogP contribution is 2.26. The summed E-state index contributed by atoms with van der Waals surface area (Å²) in [6.07, 6.45) is 0. The second-order valence-corrected chi connectivity index (χ2v) is 7.04. The second-order valence-electron chi connectivity index (χ2n) is 4.73. The molecule has 0 aliphatic carbocycles. The minimum atomic E-state index is -3.65. The van der Waals surface area contributed by atoms with Crippen molar-refractivity contribution in [2.45, 2.75) is 4.90 Å². The summed E-state index contributed by atoms with van der Waals surface area (Å²) in [5.74, 6) is 0. The minimum Gasteiger partial charge on any atom is -0.395 e. The average molecular weight is 330 g/mol. The zero-order valence-electron chi connectivity index (χ0n) is 11.4. The highest BCUT2D eigenvalue weighted by Gasteiger charge is 2.29. The molecule has 0 spiro atoms. The van der Waals surface area contributed by atoms with Crippen LogP contribution in [0.4, 0.5) is 0 Å². The summed E-state index contributed by atoms with van der Waals surface area (Å²) in [7, 11) is -3.65. The Bertz CT molecular complexity index is 649.